The number of nitrogens with one attached hydrogen (secondary N) is 1. The van der Waals surface area contributed by atoms with Gasteiger partial charge in [0.05, 0.1) is 31.5 Å². The van der Waals surface area contributed by atoms with Gasteiger partial charge in [-0.3, -0.25) is 9.78 Å². The molecule has 0 aliphatic heterocycles. The number of aliphatic hydroxyl groups excluding tert-OH is 1. The molecule has 0 radical (unpaired) electrons. The second-order valence-corrected chi connectivity index (χ2v) is 6.72. The number of methoxy groups -OCH3 is 1. The van der Waals surface area contributed by atoms with E-state index in [0.29, 0.717) is 16.8 Å². The van der Waals surface area contributed by atoms with E-state index >= 15 is 0 Å². The molecule has 1 aromatic heterocycles. The quantitative estimate of drug-likeness (QED) is 0.441. The minimum atomic E-state index is -0.427. The van der Waals surface area contributed by atoms with Gasteiger partial charge in [0.2, 0.25) is 5.91 Å². The zero-order valence-electron chi connectivity index (χ0n) is 16.5. The Bertz CT molecular complexity index is 1080. The fourth-order valence-electron chi connectivity index (χ4n) is 2.97. The monoisotopic (exact) mass is 393 g/mol. The molecule has 1 atom stereocenters. The minimum Gasteiger partial charge on any atom is -0.505 e. The standard InChI is InChI=1S/C22H23N3O4/c1-13(15-4-5-17-9-19(29-3)7-6-16(17)8-15)22(28)25-24-11-20-18(12-26)10-23-14(2)21(20)27/h4-11,13,26-27H,12H2,1-3H3,(H,25,28)/b24-11+. The largest absolute Gasteiger partial charge is 0.505 e. The number of fused-ring (bicyclic) bond motifs is 1. The van der Waals surface area contributed by atoms with Gasteiger partial charge in [-0.05, 0) is 42.3 Å². The lowest BCUT2D eigenvalue weighted by Crippen LogP contribution is -2.23. The van der Waals surface area contributed by atoms with Crippen LogP contribution in [0.2, 0.25) is 0 Å². The molecule has 0 spiro atoms. The number of aromatic nitrogens is 1. The van der Waals surface area contributed by atoms with Gasteiger partial charge in [-0.25, -0.2) is 5.43 Å². The number of hydrogen-bond donors (Lipinski definition) is 3. The third kappa shape index (κ3) is 4.35. The number of hydrogen-bond acceptors (Lipinski definition) is 6. The van der Waals surface area contributed by atoms with Crippen LogP contribution >= 0.6 is 0 Å². The van der Waals surface area contributed by atoms with Crippen molar-refractivity contribution in [3.63, 3.8) is 0 Å². The van der Waals surface area contributed by atoms with E-state index in [1.807, 2.05) is 36.4 Å². The van der Waals surface area contributed by atoms with Gasteiger partial charge in [-0.15, -0.1) is 0 Å². The number of aryl methyl sites for hydroxylation is 1. The number of pyridine rings is 1. The number of aliphatic hydroxyl groups is 1. The number of ether oxygens (including phenoxy) is 1. The topological polar surface area (TPSA) is 104 Å². The summed E-state index contributed by atoms with van der Waals surface area (Å²) in [5.41, 5.74) is 4.51. The molecule has 7 heteroatoms. The molecule has 29 heavy (non-hydrogen) atoms. The van der Waals surface area contributed by atoms with Crippen LogP contribution in [-0.2, 0) is 11.4 Å². The highest BCUT2D eigenvalue weighted by atomic mass is 16.5. The third-order valence-corrected chi connectivity index (χ3v) is 4.86. The first-order chi connectivity index (χ1) is 13.9. The number of hydrazone groups is 1. The maximum absolute atomic E-state index is 12.5. The number of nitrogens with zero attached hydrogens (tertiary/aromatic N) is 2. The minimum absolute atomic E-state index is 0.0763. The van der Waals surface area contributed by atoms with Crippen molar-refractivity contribution in [2.24, 2.45) is 5.10 Å². The van der Waals surface area contributed by atoms with Gasteiger partial charge in [0, 0.05) is 17.3 Å². The number of carbonyl (C=O) groups excluding carboxylic acids is 1. The van der Waals surface area contributed by atoms with Crippen molar-refractivity contribution >= 4 is 22.9 Å². The zero-order valence-corrected chi connectivity index (χ0v) is 16.5. The second kappa shape index (κ2) is 8.70. The Labute approximate surface area is 168 Å². The van der Waals surface area contributed by atoms with Crippen LogP contribution in [0.15, 0.2) is 47.7 Å². The second-order valence-electron chi connectivity index (χ2n) is 6.72. The highest BCUT2D eigenvalue weighted by molar-refractivity contribution is 5.90. The number of rotatable bonds is 6. The fraction of sp³-hybridized carbons (Fsp3) is 0.227. The van der Waals surface area contributed by atoms with Crippen LogP contribution in [0.4, 0.5) is 0 Å². The highest BCUT2D eigenvalue weighted by Gasteiger charge is 2.16. The van der Waals surface area contributed by atoms with Gasteiger partial charge in [0.15, 0.2) is 0 Å². The Morgan fingerprint density at radius 3 is 2.72 bits per heavy atom. The van der Waals surface area contributed by atoms with Crippen molar-refractivity contribution in [3.8, 4) is 11.5 Å². The van der Waals surface area contributed by atoms with E-state index in [4.69, 9.17) is 4.74 Å². The molecule has 0 aliphatic carbocycles. The highest BCUT2D eigenvalue weighted by Crippen LogP contribution is 2.25. The van der Waals surface area contributed by atoms with Gasteiger partial charge in [-0.2, -0.15) is 5.10 Å². The summed E-state index contributed by atoms with van der Waals surface area (Å²) in [5.74, 6) is -0.0107. The Morgan fingerprint density at radius 2 is 2.00 bits per heavy atom. The van der Waals surface area contributed by atoms with Crippen LogP contribution in [0.3, 0.4) is 0 Å². The van der Waals surface area contributed by atoms with E-state index in [-0.39, 0.29) is 18.3 Å². The number of carbonyl (C=O) groups is 1. The molecule has 1 heterocycles. The predicted molar refractivity (Wildman–Crippen MR) is 111 cm³/mol. The SMILES string of the molecule is COc1ccc2cc(C(C)C(=O)N/N=C/c3c(CO)cnc(C)c3O)ccc2c1. The summed E-state index contributed by atoms with van der Waals surface area (Å²) >= 11 is 0. The van der Waals surface area contributed by atoms with Gasteiger partial charge in [0.25, 0.3) is 0 Å². The number of benzene rings is 2. The summed E-state index contributed by atoms with van der Waals surface area (Å²) in [6.45, 7) is 3.14. The van der Waals surface area contributed by atoms with E-state index in [0.717, 1.165) is 22.1 Å². The smallest absolute Gasteiger partial charge is 0.247 e. The third-order valence-electron chi connectivity index (χ3n) is 4.86. The molecule has 2 aromatic carbocycles. The van der Waals surface area contributed by atoms with Crippen molar-refractivity contribution in [3.05, 3.63) is 65.0 Å². The molecule has 0 bridgehead atoms. The molecule has 1 amide bonds. The van der Waals surface area contributed by atoms with Gasteiger partial charge < -0.3 is 14.9 Å². The maximum Gasteiger partial charge on any atom is 0.247 e. The molecule has 0 fully saturated rings. The van der Waals surface area contributed by atoms with Crippen LogP contribution < -0.4 is 10.2 Å². The molecule has 3 N–H and O–H groups in total. The van der Waals surface area contributed by atoms with Crippen molar-refractivity contribution in [1.82, 2.24) is 10.4 Å². The Balaban J connectivity index is 1.75. The van der Waals surface area contributed by atoms with Gasteiger partial charge >= 0.3 is 0 Å². The first-order valence-corrected chi connectivity index (χ1v) is 9.13. The zero-order chi connectivity index (χ0) is 21.0. The molecule has 3 aromatic rings. The first kappa shape index (κ1) is 20.3. The molecular weight excluding hydrogens is 370 g/mol. The Kier molecular flexibility index (Phi) is 6.09. The molecule has 0 saturated carbocycles. The van der Waals surface area contributed by atoms with Crippen molar-refractivity contribution in [2.75, 3.05) is 7.11 Å². The van der Waals surface area contributed by atoms with Crippen molar-refractivity contribution in [1.29, 1.82) is 0 Å². The summed E-state index contributed by atoms with van der Waals surface area (Å²) in [5, 5.41) is 25.5. The van der Waals surface area contributed by atoms with E-state index in [1.165, 1.54) is 12.4 Å². The lowest BCUT2D eigenvalue weighted by Gasteiger charge is -2.12. The van der Waals surface area contributed by atoms with E-state index in [1.54, 1.807) is 21.0 Å². The van der Waals surface area contributed by atoms with E-state index in [9.17, 15) is 15.0 Å². The number of aromatic hydroxyl groups is 1. The summed E-state index contributed by atoms with van der Waals surface area (Å²) in [4.78, 5) is 16.5. The average molecular weight is 393 g/mol. The predicted octanol–water partition coefficient (Wildman–Crippen LogP) is 3.00. The fourth-order valence-corrected chi connectivity index (χ4v) is 2.97. The molecular formula is C22H23N3O4. The molecule has 0 saturated heterocycles. The van der Waals surface area contributed by atoms with Crippen LogP contribution in [-0.4, -0.2) is 34.4 Å². The van der Waals surface area contributed by atoms with Crippen LogP contribution in [0.25, 0.3) is 10.8 Å². The average Bonchev–Trinajstić information content (AvgIpc) is 2.75. The lowest BCUT2D eigenvalue weighted by molar-refractivity contribution is -0.122. The van der Waals surface area contributed by atoms with Crippen LogP contribution in [0.5, 0.6) is 11.5 Å². The summed E-state index contributed by atoms with van der Waals surface area (Å²) in [6.07, 6.45) is 2.78. The Morgan fingerprint density at radius 1 is 1.28 bits per heavy atom. The van der Waals surface area contributed by atoms with Crippen molar-refractivity contribution < 1.29 is 19.7 Å². The molecule has 1 unspecified atom stereocenters. The van der Waals surface area contributed by atoms with Crippen molar-refractivity contribution in [2.45, 2.75) is 26.4 Å². The number of amides is 1. The maximum atomic E-state index is 12.5. The molecule has 150 valence electrons. The molecule has 3 rings (SSSR count). The normalized spacial score (nSPS) is 12.3. The van der Waals surface area contributed by atoms with E-state index < -0.39 is 5.92 Å². The summed E-state index contributed by atoms with van der Waals surface area (Å²) < 4.78 is 5.23. The molecule has 0 aliphatic rings. The van der Waals surface area contributed by atoms with Crippen LogP contribution in [0.1, 0.15) is 35.2 Å². The lowest BCUT2D eigenvalue weighted by atomic mass is 9.97. The van der Waals surface area contributed by atoms with Gasteiger partial charge in [0.1, 0.15) is 11.5 Å². The van der Waals surface area contributed by atoms with Crippen LogP contribution in [0, 0.1) is 6.92 Å². The van der Waals surface area contributed by atoms with Gasteiger partial charge in [-0.1, -0.05) is 24.3 Å². The summed E-state index contributed by atoms with van der Waals surface area (Å²) in [7, 11) is 1.62. The summed E-state index contributed by atoms with van der Waals surface area (Å²) in [6, 6.07) is 11.6. The van der Waals surface area contributed by atoms with E-state index in [2.05, 4.69) is 15.5 Å². The first-order valence-electron chi connectivity index (χ1n) is 9.13. The molecule has 7 nitrogen and oxygen atoms in total. The Hall–Kier alpha value is -3.45.